The molecule has 2 aliphatic rings. The van der Waals surface area contributed by atoms with Crippen molar-refractivity contribution in [3.63, 3.8) is 0 Å². The fraction of sp³-hybridized carbons (Fsp3) is 0.558. The van der Waals surface area contributed by atoms with E-state index < -0.39 is 17.5 Å². The minimum Gasteiger partial charge on any atom is -0.494 e. The maximum atomic E-state index is 13.9. The number of ether oxygens (including phenoxy) is 2. The highest BCUT2D eigenvalue weighted by Crippen LogP contribution is 2.53. The van der Waals surface area contributed by atoms with Gasteiger partial charge in [-0.3, -0.25) is 19.2 Å². The molecule has 0 spiro atoms. The number of hydrogen-bond donors (Lipinski definition) is 3. The first-order valence-electron chi connectivity index (χ1n) is 19.4. The Morgan fingerprint density at radius 3 is 2.25 bits per heavy atom. The number of nitrogens with one attached hydrogen (secondary N) is 3. The number of oxazole rings is 1. The first-order chi connectivity index (χ1) is 26.0. The smallest absolute Gasteiger partial charge is 0.251 e. The van der Waals surface area contributed by atoms with Gasteiger partial charge in [-0.1, -0.05) is 72.7 Å². The zero-order chi connectivity index (χ0) is 40.0. The highest BCUT2D eigenvalue weighted by molar-refractivity contribution is 5.95. The van der Waals surface area contributed by atoms with Gasteiger partial charge >= 0.3 is 0 Å². The van der Waals surface area contributed by atoms with Gasteiger partial charge in [0.15, 0.2) is 12.2 Å². The Morgan fingerprint density at radius 1 is 0.964 bits per heavy atom. The van der Waals surface area contributed by atoms with E-state index in [9.17, 15) is 19.2 Å². The van der Waals surface area contributed by atoms with E-state index in [2.05, 4.69) is 48.6 Å². The Balaban J connectivity index is 1.00. The van der Waals surface area contributed by atoms with Gasteiger partial charge in [-0.2, -0.15) is 0 Å². The summed E-state index contributed by atoms with van der Waals surface area (Å²) in [6.07, 6.45) is 5.14. The third kappa shape index (κ3) is 10.5. The second-order valence-electron chi connectivity index (χ2n) is 17.4. The lowest BCUT2D eigenvalue weighted by atomic mass is 9.52. The standard InChI is InChI=1S/C43H59N5O7/c1-28-35(55-27-45-28)30-15-13-29(14-16-30)24-44-38(51)33-12-11-21-48(33)39(52)36(41(2,3)4)46-34(49)25-53-22-9-10-23-54-32-19-17-31(18-20-32)37(50)47-40-42(5,6)26-43(40,7)8/h13-20,27,33,36,40H,9-12,21-26H2,1-8H3,(H,44,51)(H,46,49)(H,47,50)/t33-,36+/m0/s1. The van der Waals surface area contributed by atoms with Crippen molar-refractivity contribution in [1.82, 2.24) is 25.8 Å². The minimum absolute atomic E-state index is 0.0750. The number of aryl methyl sites for hydroxylation is 1. The summed E-state index contributed by atoms with van der Waals surface area (Å²) in [6, 6.07) is 13.6. The largest absolute Gasteiger partial charge is 0.494 e. The number of benzene rings is 2. The first kappa shape index (κ1) is 41.5. The first-order valence-corrected chi connectivity index (χ1v) is 19.4. The highest BCUT2D eigenvalue weighted by atomic mass is 16.5. The van der Waals surface area contributed by atoms with Gasteiger partial charge in [0.05, 0.1) is 12.3 Å². The van der Waals surface area contributed by atoms with Gasteiger partial charge in [0, 0.05) is 36.9 Å². The van der Waals surface area contributed by atoms with Crippen LogP contribution in [0.3, 0.4) is 0 Å². The van der Waals surface area contributed by atoms with Crippen molar-refractivity contribution in [3.05, 3.63) is 71.7 Å². The van der Waals surface area contributed by atoms with E-state index >= 15 is 0 Å². The van der Waals surface area contributed by atoms with Crippen LogP contribution in [0, 0.1) is 23.2 Å². The molecule has 0 radical (unpaired) electrons. The Hall–Kier alpha value is -4.71. The molecule has 1 aliphatic carbocycles. The molecule has 2 atom stereocenters. The van der Waals surface area contributed by atoms with E-state index in [0.29, 0.717) is 69.1 Å². The summed E-state index contributed by atoms with van der Waals surface area (Å²) in [5, 5.41) is 9.08. The lowest BCUT2D eigenvalue weighted by Crippen LogP contribution is -2.63. The normalized spacial score (nSPS) is 18.3. The summed E-state index contributed by atoms with van der Waals surface area (Å²) in [6.45, 7) is 17.7. The fourth-order valence-corrected chi connectivity index (χ4v) is 8.25. The van der Waals surface area contributed by atoms with Crippen molar-refractivity contribution in [2.75, 3.05) is 26.4 Å². The van der Waals surface area contributed by atoms with E-state index in [-0.39, 0.29) is 47.1 Å². The number of carbonyl (C=O) groups is 4. The van der Waals surface area contributed by atoms with Crippen LogP contribution in [0.1, 0.15) is 102 Å². The quantitative estimate of drug-likeness (QED) is 0.146. The molecule has 0 bridgehead atoms. The SMILES string of the molecule is Cc1ncoc1-c1ccc(CNC(=O)[C@@H]2CCCN2C(=O)[C@@H](NC(=O)COCCCCOc2ccc(C(=O)NC3C(C)(C)CC3(C)C)cc2)C(C)(C)C)cc1. The van der Waals surface area contributed by atoms with E-state index in [0.717, 1.165) is 23.2 Å². The van der Waals surface area contributed by atoms with Crippen LogP contribution in [0.15, 0.2) is 59.3 Å². The van der Waals surface area contributed by atoms with Gasteiger partial charge in [0.1, 0.15) is 24.4 Å². The predicted molar refractivity (Wildman–Crippen MR) is 210 cm³/mol. The van der Waals surface area contributed by atoms with Crippen LogP contribution in [-0.4, -0.2) is 78.0 Å². The van der Waals surface area contributed by atoms with Crippen molar-refractivity contribution < 1.29 is 33.1 Å². The zero-order valence-corrected chi connectivity index (χ0v) is 33.8. The zero-order valence-electron chi connectivity index (χ0n) is 33.8. The monoisotopic (exact) mass is 757 g/mol. The van der Waals surface area contributed by atoms with Crippen molar-refractivity contribution in [2.45, 2.75) is 112 Å². The molecule has 2 heterocycles. The van der Waals surface area contributed by atoms with Crippen LogP contribution in [-0.2, 0) is 25.7 Å². The lowest BCUT2D eigenvalue weighted by Gasteiger charge is -2.57. The van der Waals surface area contributed by atoms with E-state index in [1.165, 1.54) is 6.39 Å². The molecule has 5 rings (SSSR count). The van der Waals surface area contributed by atoms with Gasteiger partial charge in [0.25, 0.3) is 5.91 Å². The van der Waals surface area contributed by atoms with Gasteiger partial charge in [-0.05, 0) is 85.1 Å². The Morgan fingerprint density at radius 2 is 1.64 bits per heavy atom. The van der Waals surface area contributed by atoms with Crippen LogP contribution in [0.5, 0.6) is 5.75 Å². The van der Waals surface area contributed by atoms with Gasteiger partial charge < -0.3 is 34.7 Å². The van der Waals surface area contributed by atoms with Gasteiger partial charge in [-0.15, -0.1) is 0 Å². The topological polar surface area (TPSA) is 152 Å². The Kier molecular flexibility index (Phi) is 13.1. The lowest BCUT2D eigenvalue weighted by molar-refractivity contribution is -0.144. The van der Waals surface area contributed by atoms with Crippen molar-refractivity contribution in [3.8, 4) is 17.1 Å². The molecule has 2 aromatic carbocycles. The van der Waals surface area contributed by atoms with Crippen LogP contribution >= 0.6 is 0 Å². The molecule has 0 unspecified atom stereocenters. The third-order valence-corrected chi connectivity index (χ3v) is 10.7. The second-order valence-corrected chi connectivity index (χ2v) is 17.4. The molecule has 2 fully saturated rings. The second kappa shape index (κ2) is 17.4. The highest BCUT2D eigenvalue weighted by Gasteiger charge is 2.53. The summed E-state index contributed by atoms with van der Waals surface area (Å²) in [4.78, 5) is 58.7. The molecule has 1 saturated heterocycles. The molecule has 1 aromatic heterocycles. The predicted octanol–water partition coefficient (Wildman–Crippen LogP) is 6.22. The van der Waals surface area contributed by atoms with Crippen molar-refractivity contribution in [2.24, 2.45) is 16.2 Å². The molecule has 55 heavy (non-hydrogen) atoms. The summed E-state index contributed by atoms with van der Waals surface area (Å²) in [7, 11) is 0. The van der Waals surface area contributed by atoms with E-state index in [1.54, 1.807) is 29.2 Å². The van der Waals surface area contributed by atoms with Crippen molar-refractivity contribution in [1.29, 1.82) is 0 Å². The summed E-state index contributed by atoms with van der Waals surface area (Å²) >= 11 is 0. The molecule has 3 N–H and O–H groups in total. The van der Waals surface area contributed by atoms with Crippen LogP contribution in [0.2, 0.25) is 0 Å². The van der Waals surface area contributed by atoms with Crippen molar-refractivity contribution >= 4 is 23.6 Å². The number of unbranched alkanes of at least 4 members (excludes halogenated alkanes) is 1. The molecule has 12 heteroatoms. The maximum Gasteiger partial charge on any atom is 0.251 e. The van der Waals surface area contributed by atoms with Crippen LogP contribution in [0.4, 0.5) is 0 Å². The van der Waals surface area contributed by atoms with E-state index in [4.69, 9.17) is 13.9 Å². The minimum atomic E-state index is -0.827. The average Bonchev–Trinajstić information content (AvgIpc) is 3.80. The molecular weight excluding hydrogens is 699 g/mol. The number of carbonyl (C=O) groups excluding carboxylic acids is 4. The fourth-order valence-electron chi connectivity index (χ4n) is 8.25. The molecular formula is C43H59N5O7. The third-order valence-electron chi connectivity index (χ3n) is 10.7. The molecule has 1 saturated carbocycles. The number of likely N-dealkylation sites (tertiary alicyclic amines) is 1. The Labute approximate surface area is 325 Å². The Bertz CT molecular complexity index is 1780. The molecule has 12 nitrogen and oxygen atoms in total. The van der Waals surface area contributed by atoms with Gasteiger partial charge in [-0.25, -0.2) is 4.98 Å². The molecule has 298 valence electrons. The number of aromatic nitrogens is 1. The maximum absolute atomic E-state index is 13.9. The number of hydrogen-bond acceptors (Lipinski definition) is 8. The van der Waals surface area contributed by atoms with Crippen LogP contribution in [0.25, 0.3) is 11.3 Å². The molecule has 3 aromatic rings. The molecule has 1 aliphatic heterocycles. The number of rotatable bonds is 16. The average molecular weight is 758 g/mol. The number of nitrogens with zero attached hydrogens (tertiary/aromatic N) is 2. The summed E-state index contributed by atoms with van der Waals surface area (Å²) < 4.78 is 17.0. The van der Waals surface area contributed by atoms with E-state index in [1.807, 2.05) is 52.0 Å². The molecule has 4 amide bonds. The summed E-state index contributed by atoms with van der Waals surface area (Å²) in [5.74, 6) is 0.438. The van der Waals surface area contributed by atoms with Gasteiger partial charge in [0.2, 0.25) is 17.7 Å². The van der Waals surface area contributed by atoms with Crippen LogP contribution < -0.4 is 20.7 Å². The number of amides is 4. The summed E-state index contributed by atoms with van der Waals surface area (Å²) in [5.41, 5.74) is 2.81.